The molecule has 0 amide bonds. The van der Waals surface area contributed by atoms with Gasteiger partial charge in [0.05, 0.1) is 0 Å². The van der Waals surface area contributed by atoms with Gasteiger partial charge in [-0.2, -0.15) is 0 Å². The van der Waals surface area contributed by atoms with Crippen molar-refractivity contribution in [1.29, 1.82) is 0 Å². The van der Waals surface area contributed by atoms with Crippen molar-refractivity contribution in [2.24, 2.45) is 5.92 Å². The van der Waals surface area contributed by atoms with Crippen molar-refractivity contribution < 1.29 is 4.80 Å². The first-order valence-corrected chi connectivity index (χ1v) is 10.3. The third-order valence-corrected chi connectivity index (χ3v) is 5.94. The third kappa shape index (κ3) is 9.18. The summed E-state index contributed by atoms with van der Waals surface area (Å²) in [6, 6.07) is 0. The van der Waals surface area contributed by atoms with Crippen LogP contribution in [0.15, 0.2) is 0 Å². The van der Waals surface area contributed by atoms with Gasteiger partial charge in [0.15, 0.2) is 0 Å². The molecule has 0 bridgehead atoms. The summed E-state index contributed by atoms with van der Waals surface area (Å²) in [5.41, 5.74) is 0.652. The van der Waals surface area contributed by atoms with E-state index < -0.39 is 0 Å². The number of rotatable bonds is 12. The van der Waals surface area contributed by atoms with Crippen LogP contribution >= 0.6 is 0 Å². The highest BCUT2D eigenvalue weighted by Gasteiger charge is 2.20. The Labute approximate surface area is 129 Å². The second kappa shape index (κ2) is 12.9. The van der Waals surface area contributed by atoms with E-state index in [0.29, 0.717) is 5.54 Å². The molecule has 0 heterocycles. The highest BCUT2D eigenvalue weighted by molar-refractivity contribution is 6.27. The Balaban J connectivity index is 1.79. The first kappa shape index (κ1) is 18.2. The highest BCUT2D eigenvalue weighted by Crippen LogP contribution is 2.34. The van der Waals surface area contributed by atoms with Gasteiger partial charge in [-0.25, -0.2) is 0 Å². The molecule has 118 valence electrons. The third-order valence-electron chi connectivity index (χ3n) is 5.00. The Bertz CT molecular complexity index is 200. The van der Waals surface area contributed by atoms with Crippen molar-refractivity contribution in [3.63, 3.8) is 0 Å². The standard InChI is InChI=1S/C18H36OSi/c1-2-3-4-5-6-7-8-9-10-11-12-17-13-15-18(20-19)16-14-17/h17-19H,2-16H2,1H3. The molecule has 0 spiro atoms. The Kier molecular flexibility index (Phi) is 11.7. The SMILES string of the molecule is CCCCCCCCCCCCC1CCC([Si]O)CC1. The van der Waals surface area contributed by atoms with E-state index in [0.717, 1.165) is 5.92 Å². The molecule has 1 N–H and O–H groups in total. The van der Waals surface area contributed by atoms with Crippen LogP contribution in [0.3, 0.4) is 0 Å². The molecule has 2 radical (unpaired) electrons. The summed E-state index contributed by atoms with van der Waals surface area (Å²) in [6.45, 7) is 2.29. The van der Waals surface area contributed by atoms with Gasteiger partial charge in [0.1, 0.15) is 0 Å². The molecule has 1 saturated carbocycles. The summed E-state index contributed by atoms with van der Waals surface area (Å²) in [5, 5.41) is 0. The first-order chi connectivity index (χ1) is 9.86. The summed E-state index contributed by atoms with van der Waals surface area (Å²) in [6.07, 6.45) is 21.3. The van der Waals surface area contributed by atoms with Gasteiger partial charge in [-0.3, -0.25) is 0 Å². The van der Waals surface area contributed by atoms with Crippen molar-refractivity contribution in [1.82, 2.24) is 0 Å². The molecule has 0 atom stereocenters. The monoisotopic (exact) mass is 296 g/mol. The number of hydrogen-bond donors (Lipinski definition) is 1. The van der Waals surface area contributed by atoms with Gasteiger partial charge in [0, 0.05) is 0 Å². The first-order valence-electron chi connectivity index (χ1n) is 9.26. The fraction of sp³-hybridized carbons (Fsp3) is 1.00. The Morgan fingerprint density at radius 3 is 1.75 bits per heavy atom. The number of unbranched alkanes of at least 4 members (excludes halogenated alkanes) is 9. The molecule has 1 nitrogen and oxygen atoms in total. The van der Waals surface area contributed by atoms with Crippen molar-refractivity contribution in [2.45, 2.75) is 109 Å². The molecule has 1 rings (SSSR count). The van der Waals surface area contributed by atoms with E-state index in [1.807, 2.05) is 0 Å². The van der Waals surface area contributed by atoms with Gasteiger partial charge in [-0.15, -0.1) is 0 Å². The van der Waals surface area contributed by atoms with Crippen molar-refractivity contribution in [2.75, 3.05) is 0 Å². The van der Waals surface area contributed by atoms with Crippen molar-refractivity contribution in [3.05, 3.63) is 0 Å². The van der Waals surface area contributed by atoms with Crippen LogP contribution in [0.4, 0.5) is 0 Å². The Morgan fingerprint density at radius 2 is 1.25 bits per heavy atom. The van der Waals surface area contributed by atoms with Crippen LogP contribution in [-0.2, 0) is 0 Å². The predicted octanol–water partition coefficient (Wildman–Crippen LogP) is 5.89. The van der Waals surface area contributed by atoms with Gasteiger partial charge in [-0.1, -0.05) is 103 Å². The minimum Gasteiger partial charge on any atom is -0.431 e. The van der Waals surface area contributed by atoms with Crippen molar-refractivity contribution >= 4 is 9.76 Å². The Hall–Kier alpha value is 0.177. The van der Waals surface area contributed by atoms with Gasteiger partial charge >= 0.3 is 0 Å². The molecule has 20 heavy (non-hydrogen) atoms. The van der Waals surface area contributed by atoms with E-state index in [9.17, 15) is 0 Å². The van der Waals surface area contributed by atoms with E-state index in [2.05, 4.69) is 6.92 Å². The molecular formula is C18H36OSi. The van der Waals surface area contributed by atoms with E-state index >= 15 is 0 Å². The summed E-state index contributed by atoms with van der Waals surface area (Å²) in [5.74, 6) is 0.983. The maximum Gasteiger partial charge on any atom is 0.227 e. The maximum atomic E-state index is 9.17. The fourth-order valence-corrected chi connectivity index (χ4v) is 4.09. The molecular weight excluding hydrogens is 260 g/mol. The molecule has 0 aromatic carbocycles. The van der Waals surface area contributed by atoms with Crippen molar-refractivity contribution in [3.8, 4) is 0 Å². The molecule has 0 saturated heterocycles. The average Bonchev–Trinajstić information content (AvgIpc) is 2.50. The maximum absolute atomic E-state index is 9.17. The zero-order valence-electron chi connectivity index (χ0n) is 13.7. The topological polar surface area (TPSA) is 20.2 Å². The largest absolute Gasteiger partial charge is 0.431 e. The second-order valence-corrected chi connectivity index (χ2v) is 7.89. The van der Waals surface area contributed by atoms with Crippen LogP contribution in [0.25, 0.3) is 0 Å². The average molecular weight is 297 g/mol. The van der Waals surface area contributed by atoms with Crippen LogP contribution in [0.5, 0.6) is 0 Å². The quantitative estimate of drug-likeness (QED) is 0.352. The molecule has 1 aliphatic rings. The fourth-order valence-electron chi connectivity index (χ4n) is 3.50. The van der Waals surface area contributed by atoms with E-state index in [1.54, 1.807) is 0 Å². The van der Waals surface area contributed by atoms with Gasteiger partial charge in [-0.05, 0) is 11.5 Å². The smallest absolute Gasteiger partial charge is 0.227 e. The van der Waals surface area contributed by atoms with Crippen LogP contribution in [0.2, 0.25) is 5.54 Å². The van der Waals surface area contributed by atoms with E-state index in [-0.39, 0.29) is 9.76 Å². The lowest BCUT2D eigenvalue weighted by Crippen LogP contribution is -2.14. The van der Waals surface area contributed by atoms with Gasteiger partial charge in [0.25, 0.3) is 0 Å². The van der Waals surface area contributed by atoms with Gasteiger partial charge in [0.2, 0.25) is 9.76 Å². The summed E-state index contributed by atoms with van der Waals surface area (Å²) < 4.78 is 0. The lowest BCUT2D eigenvalue weighted by molar-refractivity contribution is 0.320. The number of hydrogen-bond acceptors (Lipinski definition) is 1. The van der Waals surface area contributed by atoms with E-state index in [1.165, 1.54) is 96.3 Å². The van der Waals surface area contributed by atoms with Crippen LogP contribution in [0, 0.1) is 5.92 Å². The molecule has 0 aromatic heterocycles. The molecule has 0 aromatic rings. The predicted molar refractivity (Wildman–Crippen MR) is 90.1 cm³/mol. The summed E-state index contributed by atoms with van der Waals surface area (Å²) in [4.78, 5) is 9.17. The second-order valence-electron chi connectivity index (χ2n) is 6.82. The van der Waals surface area contributed by atoms with E-state index in [4.69, 9.17) is 4.80 Å². The molecule has 1 fully saturated rings. The lowest BCUT2D eigenvalue weighted by atomic mass is 9.85. The summed E-state index contributed by atoms with van der Waals surface area (Å²) in [7, 11) is 0.198. The van der Waals surface area contributed by atoms with Crippen LogP contribution in [-0.4, -0.2) is 14.6 Å². The molecule has 0 aliphatic heterocycles. The Morgan fingerprint density at radius 1 is 0.750 bits per heavy atom. The van der Waals surface area contributed by atoms with Crippen LogP contribution in [0.1, 0.15) is 103 Å². The minimum atomic E-state index is 0.198. The van der Waals surface area contributed by atoms with Crippen LogP contribution < -0.4 is 0 Å². The molecule has 1 aliphatic carbocycles. The van der Waals surface area contributed by atoms with Gasteiger partial charge < -0.3 is 4.80 Å². The normalized spacial score (nSPS) is 23.1. The zero-order chi connectivity index (χ0) is 14.5. The highest BCUT2D eigenvalue weighted by atomic mass is 28.2. The molecule has 0 unspecified atom stereocenters. The molecule has 2 heteroatoms. The lowest BCUT2D eigenvalue weighted by Gasteiger charge is -2.26. The summed E-state index contributed by atoms with van der Waals surface area (Å²) >= 11 is 0. The minimum absolute atomic E-state index is 0.198. The zero-order valence-corrected chi connectivity index (χ0v) is 14.7.